The van der Waals surface area contributed by atoms with Crippen LogP contribution in [0.2, 0.25) is 0 Å². The number of nitrogens with zero attached hydrogens (tertiary/aromatic N) is 4. The van der Waals surface area contributed by atoms with Gasteiger partial charge in [0, 0.05) is 11.4 Å². The van der Waals surface area contributed by atoms with Gasteiger partial charge in [-0.25, -0.2) is 0 Å². The quantitative estimate of drug-likeness (QED) is 0.762. The highest BCUT2D eigenvalue weighted by atomic mass is 16.3. The van der Waals surface area contributed by atoms with E-state index in [0.29, 0.717) is 23.0 Å². The molecule has 0 spiro atoms. The smallest absolute Gasteiger partial charge is 0.256 e. The average Bonchev–Trinajstić information content (AvgIpc) is 3.24. The van der Waals surface area contributed by atoms with Crippen molar-refractivity contribution in [1.29, 1.82) is 0 Å². The Labute approximate surface area is 143 Å². The first kappa shape index (κ1) is 15.1. The van der Waals surface area contributed by atoms with E-state index in [1.165, 1.54) is 4.68 Å². The summed E-state index contributed by atoms with van der Waals surface area (Å²) in [6.45, 7) is 3.79. The fourth-order valence-corrected chi connectivity index (χ4v) is 2.94. The van der Waals surface area contributed by atoms with Gasteiger partial charge in [-0.2, -0.15) is 4.68 Å². The minimum Gasteiger partial charge on any atom is -0.467 e. The second-order valence-electron chi connectivity index (χ2n) is 5.85. The fourth-order valence-electron chi connectivity index (χ4n) is 2.94. The van der Waals surface area contributed by atoms with Gasteiger partial charge in [-0.05, 0) is 54.1 Å². The molecule has 126 valence electrons. The maximum atomic E-state index is 13.0. The molecule has 0 fully saturated rings. The van der Waals surface area contributed by atoms with Gasteiger partial charge >= 0.3 is 0 Å². The number of aromatic nitrogens is 4. The molecule has 1 unspecified atom stereocenters. The molecule has 8 nitrogen and oxygen atoms in total. The lowest BCUT2D eigenvalue weighted by Gasteiger charge is -2.26. The molecule has 3 heterocycles. The van der Waals surface area contributed by atoms with E-state index in [0.717, 1.165) is 11.3 Å². The predicted octanol–water partition coefficient (Wildman–Crippen LogP) is 2.50. The van der Waals surface area contributed by atoms with E-state index in [4.69, 9.17) is 4.42 Å². The number of rotatable bonds is 3. The average molecular weight is 336 g/mol. The molecule has 3 aromatic rings. The predicted molar refractivity (Wildman–Crippen MR) is 90.8 cm³/mol. The Kier molecular flexibility index (Phi) is 3.57. The van der Waals surface area contributed by atoms with Crippen molar-refractivity contribution in [2.24, 2.45) is 0 Å². The molecule has 2 aromatic heterocycles. The van der Waals surface area contributed by atoms with Crippen molar-refractivity contribution in [3.63, 3.8) is 0 Å². The second kappa shape index (κ2) is 5.90. The van der Waals surface area contributed by atoms with Gasteiger partial charge in [0.05, 0.1) is 11.8 Å². The van der Waals surface area contributed by atoms with Crippen LogP contribution in [0.15, 0.2) is 58.3 Å². The number of hydrogen-bond acceptors (Lipinski definition) is 6. The van der Waals surface area contributed by atoms with Gasteiger partial charge in [0.15, 0.2) is 0 Å². The number of tetrazole rings is 1. The van der Waals surface area contributed by atoms with Crippen molar-refractivity contribution in [1.82, 2.24) is 20.2 Å². The molecule has 8 heteroatoms. The third-order valence-corrected chi connectivity index (χ3v) is 4.05. The SMILES string of the molecule is CC1=C(C(=O)Nc2cccc(C)c2)C(c2ccco2)n2nnnc2N1. The zero-order valence-corrected chi connectivity index (χ0v) is 13.7. The van der Waals surface area contributed by atoms with E-state index < -0.39 is 6.04 Å². The van der Waals surface area contributed by atoms with Crippen molar-refractivity contribution >= 4 is 17.5 Å². The lowest BCUT2D eigenvalue weighted by molar-refractivity contribution is -0.113. The summed E-state index contributed by atoms with van der Waals surface area (Å²) in [7, 11) is 0. The summed E-state index contributed by atoms with van der Waals surface area (Å²) in [6.07, 6.45) is 1.56. The van der Waals surface area contributed by atoms with E-state index in [1.807, 2.05) is 38.1 Å². The Morgan fingerprint density at radius 1 is 1.28 bits per heavy atom. The number of hydrogen-bond donors (Lipinski definition) is 2. The molecule has 0 bridgehead atoms. The maximum absolute atomic E-state index is 13.0. The van der Waals surface area contributed by atoms with Crippen LogP contribution < -0.4 is 10.6 Å². The number of benzene rings is 1. The topological polar surface area (TPSA) is 97.9 Å². The van der Waals surface area contributed by atoms with Crippen molar-refractivity contribution < 1.29 is 9.21 Å². The van der Waals surface area contributed by atoms with Gasteiger partial charge in [0.2, 0.25) is 5.95 Å². The van der Waals surface area contributed by atoms with Gasteiger partial charge in [-0.15, -0.1) is 0 Å². The fraction of sp³-hybridized carbons (Fsp3) is 0.176. The highest BCUT2D eigenvalue weighted by molar-refractivity contribution is 6.05. The molecule has 1 aromatic carbocycles. The summed E-state index contributed by atoms with van der Waals surface area (Å²) in [5.74, 6) is 0.813. The number of furan rings is 1. The zero-order chi connectivity index (χ0) is 17.4. The van der Waals surface area contributed by atoms with Crippen LogP contribution in [0.1, 0.15) is 24.3 Å². The largest absolute Gasteiger partial charge is 0.467 e. The molecule has 1 aliphatic heterocycles. The van der Waals surface area contributed by atoms with Crippen LogP contribution in [-0.4, -0.2) is 26.1 Å². The standard InChI is InChI=1S/C17H16N6O2/c1-10-5-3-6-12(9-10)19-16(24)14-11(2)18-17-20-21-22-23(17)15(14)13-7-4-8-25-13/h3-9,15H,1-2H3,(H,19,24)(H,18,20,22). The molecule has 4 rings (SSSR count). The highest BCUT2D eigenvalue weighted by Crippen LogP contribution is 2.34. The lowest BCUT2D eigenvalue weighted by Crippen LogP contribution is -2.31. The number of anilines is 2. The third kappa shape index (κ3) is 2.67. The Morgan fingerprint density at radius 3 is 2.92 bits per heavy atom. The Morgan fingerprint density at radius 2 is 2.16 bits per heavy atom. The van der Waals surface area contributed by atoms with Gasteiger partial charge < -0.3 is 15.1 Å². The summed E-state index contributed by atoms with van der Waals surface area (Å²) in [5.41, 5.74) is 2.96. The van der Waals surface area contributed by atoms with Crippen LogP contribution in [0.5, 0.6) is 0 Å². The van der Waals surface area contributed by atoms with Crippen molar-refractivity contribution in [2.75, 3.05) is 10.6 Å². The number of allylic oxidation sites excluding steroid dienone is 1. The summed E-state index contributed by atoms with van der Waals surface area (Å²) < 4.78 is 7.08. The van der Waals surface area contributed by atoms with Gasteiger partial charge in [0.25, 0.3) is 5.91 Å². The van der Waals surface area contributed by atoms with Gasteiger partial charge in [0.1, 0.15) is 11.8 Å². The highest BCUT2D eigenvalue weighted by Gasteiger charge is 2.35. The summed E-state index contributed by atoms with van der Waals surface area (Å²) in [5, 5.41) is 17.6. The molecular weight excluding hydrogens is 320 g/mol. The first-order chi connectivity index (χ1) is 12.1. The number of carbonyl (C=O) groups is 1. The molecule has 0 saturated carbocycles. The zero-order valence-electron chi connectivity index (χ0n) is 13.7. The second-order valence-corrected chi connectivity index (χ2v) is 5.85. The summed E-state index contributed by atoms with van der Waals surface area (Å²) in [6, 6.07) is 10.7. The molecule has 1 aliphatic rings. The van der Waals surface area contributed by atoms with Crippen LogP contribution in [0.3, 0.4) is 0 Å². The van der Waals surface area contributed by atoms with E-state index in [9.17, 15) is 4.79 Å². The summed E-state index contributed by atoms with van der Waals surface area (Å²) in [4.78, 5) is 13.0. The van der Waals surface area contributed by atoms with Crippen LogP contribution in [0, 0.1) is 6.92 Å². The Hall–Kier alpha value is -3.42. The summed E-state index contributed by atoms with van der Waals surface area (Å²) >= 11 is 0. The molecular formula is C17H16N6O2. The number of aryl methyl sites for hydroxylation is 1. The Balaban J connectivity index is 1.74. The molecule has 0 radical (unpaired) electrons. The first-order valence-corrected chi connectivity index (χ1v) is 7.80. The first-order valence-electron chi connectivity index (χ1n) is 7.80. The minimum atomic E-state index is -0.536. The lowest BCUT2D eigenvalue weighted by atomic mass is 10.00. The minimum absolute atomic E-state index is 0.238. The molecule has 0 saturated heterocycles. The Bertz CT molecular complexity index is 957. The van der Waals surface area contributed by atoms with E-state index in [2.05, 4.69) is 26.2 Å². The van der Waals surface area contributed by atoms with Crippen molar-refractivity contribution in [3.05, 3.63) is 65.3 Å². The van der Waals surface area contributed by atoms with Crippen molar-refractivity contribution in [3.8, 4) is 0 Å². The van der Waals surface area contributed by atoms with E-state index >= 15 is 0 Å². The normalized spacial score (nSPS) is 16.3. The van der Waals surface area contributed by atoms with Gasteiger partial charge in [-0.3, -0.25) is 4.79 Å². The van der Waals surface area contributed by atoms with Gasteiger partial charge in [-0.1, -0.05) is 17.2 Å². The van der Waals surface area contributed by atoms with Crippen LogP contribution in [-0.2, 0) is 4.79 Å². The number of fused-ring (bicyclic) bond motifs is 1. The van der Waals surface area contributed by atoms with Crippen LogP contribution >= 0.6 is 0 Å². The van der Waals surface area contributed by atoms with Crippen LogP contribution in [0.25, 0.3) is 0 Å². The third-order valence-electron chi connectivity index (χ3n) is 4.05. The number of nitrogens with one attached hydrogen (secondary N) is 2. The van der Waals surface area contributed by atoms with E-state index in [1.54, 1.807) is 18.4 Å². The van der Waals surface area contributed by atoms with E-state index in [-0.39, 0.29) is 5.91 Å². The molecule has 25 heavy (non-hydrogen) atoms. The van der Waals surface area contributed by atoms with Crippen molar-refractivity contribution in [2.45, 2.75) is 19.9 Å². The number of amides is 1. The van der Waals surface area contributed by atoms with Crippen LogP contribution in [0.4, 0.5) is 11.6 Å². The number of carbonyl (C=O) groups excluding carboxylic acids is 1. The monoisotopic (exact) mass is 336 g/mol. The molecule has 1 amide bonds. The molecule has 1 atom stereocenters. The molecule has 0 aliphatic carbocycles. The maximum Gasteiger partial charge on any atom is 0.256 e. The molecule has 2 N–H and O–H groups in total.